The van der Waals surface area contributed by atoms with E-state index < -0.39 is 0 Å². The first-order chi connectivity index (χ1) is 11.9. The molecule has 0 radical (unpaired) electrons. The van der Waals surface area contributed by atoms with E-state index in [9.17, 15) is 0 Å². The minimum atomic E-state index is 0.603. The van der Waals surface area contributed by atoms with Gasteiger partial charge in [-0.1, -0.05) is 48.8 Å². The van der Waals surface area contributed by atoms with Gasteiger partial charge in [-0.25, -0.2) is 0 Å². The van der Waals surface area contributed by atoms with E-state index in [1.807, 2.05) is 0 Å². The minimum Gasteiger partial charge on any atom is -0.379 e. The van der Waals surface area contributed by atoms with Crippen LogP contribution in [0.4, 0.5) is 0 Å². The third-order valence-corrected chi connectivity index (χ3v) is 4.07. The van der Waals surface area contributed by atoms with Crippen molar-refractivity contribution in [2.75, 3.05) is 70.5 Å². The first-order valence-electron chi connectivity index (χ1n) is 9.36. The van der Waals surface area contributed by atoms with E-state index in [0.29, 0.717) is 52.9 Å². The maximum Gasteiger partial charge on any atom is 0.0701 e. The van der Waals surface area contributed by atoms with Crippen LogP contribution >= 0.6 is 22.6 Å². The SMILES string of the molecule is CCCCOCCOCCOCCOCCOCCCCCCI. The molecule has 0 saturated carbocycles. The second-order valence-electron chi connectivity index (χ2n) is 5.52. The summed E-state index contributed by atoms with van der Waals surface area (Å²) < 4.78 is 28.5. The van der Waals surface area contributed by atoms with Crippen molar-refractivity contribution in [3.8, 4) is 0 Å². The van der Waals surface area contributed by atoms with Gasteiger partial charge in [0.2, 0.25) is 0 Å². The van der Waals surface area contributed by atoms with E-state index >= 15 is 0 Å². The van der Waals surface area contributed by atoms with Crippen molar-refractivity contribution in [3.63, 3.8) is 0 Å². The van der Waals surface area contributed by atoms with Crippen molar-refractivity contribution >= 4 is 22.6 Å². The van der Waals surface area contributed by atoms with Gasteiger partial charge in [-0.05, 0) is 23.7 Å². The zero-order valence-electron chi connectivity index (χ0n) is 15.4. The lowest BCUT2D eigenvalue weighted by molar-refractivity contribution is -0.0113. The van der Waals surface area contributed by atoms with Crippen LogP contribution in [0.1, 0.15) is 45.4 Å². The Kier molecular flexibility index (Phi) is 24.0. The van der Waals surface area contributed by atoms with Crippen LogP contribution in [0.25, 0.3) is 0 Å². The van der Waals surface area contributed by atoms with Gasteiger partial charge < -0.3 is 23.7 Å². The fourth-order valence-electron chi connectivity index (χ4n) is 1.88. The van der Waals surface area contributed by atoms with Gasteiger partial charge in [-0.2, -0.15) is 0 Å². The zero-order valence-corrected chi connectivity index (χ0v) is 17.6. The number of rotatable bonds is 21. The summed E-state index contributed by atoms with van der Waals surface area (Å²) in [5.41, 5.74) is 0. The molecule has 0 atom stereocenters. The van der Waals surface area contributed by atoms with Gasteiger partial charge in [-0.3, -0.25) is 0 Å². The second-order valence-corrected chi connectivity index (χ2v) is 6.60. The zero-order chi connectivity index (χ0) is 17.6. The molecule has 0 saturated heterocycles. The Morgan fingerprint density at radius 2 is 0.833 bits per heavy atom. The highest BCUT2D eigenvalue weighted by atomic mass is 127. The predicted octanol–water partition coefficient (Wildman–Crippen LogP) is 3.86. The summed E-state index contributed by atoms with van der Waals surface area (Å²) in [5, 5.41) is 0. The molecule has 6 heteroatoms. The van der Waals surface area contributed by atoms with Crippen molar-refractivity contribution < 1.29 is 23.7 Å². The Bertz CT molecular complexity index is 198. The van der Waals surface area contributed by atoms with Crippen molar-refractivity contribution in [3.05, 3.63) is 0 Å². The standard InChI is InChI=1S/C18H37IO5/c1-2-3-9-20-11-13-22-15-17-24-18-16-23-14-12-21-10-7-5-4-6-8-19/h2-18H2,1H3. The third kappa shape index (κ3) is 22.5. The van der Waals surface area contributed by atoms with Gasteiger partial charge in [0.15, 0.2) is 0 Å². The summed E-state index contributed by atoms with van der Waals surface area (Å²) in [6.45, 7) is 8.88. The number of unbranched alkanes of at least 4 members (excludes halogenated alkanes) is 4. The van der Waals surface area contributed by atoms with Gasteiger partial charge >= 0.3 is 0 Å². The Hall–Kier alpha value is 0.530. The van der Waals surface area contributed by atoms with Gasteiger partial charge in [0.25, 0.3) is 0 Å². The monoisotopic (exact) mass is 460 g/mol. The van der Waals surface area contributed by atoms with Crippen LogP contribution in [0.15, 0.2) is 0 Å². The Morgan fingerprint density at radius 1 is 0.458 bits per heavy atom. The molecule has 0 aliphatic heterocycles. The summed E-state index contributed by atoms with van der Waals surface area (Å²) in [5.74, 6) is 0. The lowest BCUT2D eigenvalue weighted by Crippen LogP contribution is -2.13. The lowest BCUT2D eigenvalue weighted by Gasteiger charge is -2.08. The molecule has 0 N–H and O–H groups in total. The first kappa shape index (κ1) is 24.5. The maximum atomic E-state index is 5.52. The van der Waals surface area contributed by atoms with E-state index in [1.54, 1.807) is 0 Å². The number of hydrogen-bond donors (Lipinski definition) is 0. The molecule has 0 aliphatic rings. The van der Waals surface area contributed by atoms with E-state index in [-0.39, 0.29) is 0 Å². The lowest BCUT2D eigenvalue weighted by atomic mass is 10.2. The molecule has 0 aromatic rings. The summed E-state index contributed by atoms with van der Waals surface area (Å²) >= 11 is 2.42. The fourth-order valence-corrected chi connectivity index (χ4v) is 2.42. The van der Waals surface area contributed by atoms with Crippen LogP contribution in [0.3, 0.4) is 0 Å². The number of halogens is 1. The fraction of sp³-hybridized carbons (Fsp3) is 1.00. The van der Waals surface area contributed by atoms with Crippen molar-refractivity contribution in [1.82, 2.24) is 0 Å². The van der Waals surface area contributed by atoms with Crippen molar-refractivity contribution in [2.24, 2.45) is 0 Å². The molecule has 0 amide bonds. The molecule has 0 aromatic carbocycles. The maximum absolute atomic E-state index is 5.52. The molecule has 0 fully saturated rings. The normalized spacial score (nSPS) is 11.2. The minimum absolute atomic E-state index is 0.603. The average Bonchev–Trinajstić information content (AvgIpc) is 2.60. The van der Waals surface area contributed by atoms with Gasteiger partial charge in [0, 0.05) is 13.2 Å². The van der Waals surface area contributed by atoms with E-state index in [1.165, 1.54) is 30.1 Å². The largest absolute Gasteiger partial charge is 0.379 e. The Labute approximate surface area is 162 Å². The topological polar surface area (TPSA) is 46.2 Å². The predicted molar refractivity (Wildman–Crippen MR) is 106 cm³/mol. The molecule has 0 spiro atoms. The molecule has 0 rings (SSSR count). The summed E-state index contributed by atoms with van der Waals surface area (Å²) in [4.78, 5) is 0. The van der Waals surface area contributed by atoms with Crippen molar-refractivity contribution in [1.29, 1.82) is 0 Å². The van der Waals surface area contributed by atoms with Gasteiger partial charge in [-0.15, -0.1) is 0 Å². The van der Waals surface area contributed by atoms with Gasteiger partial charge in [0.1, 0.15) is 0 Å². The van der Waals surface area contributed by atoms with Crippen LogP contribution < -0.4 is 0 Å². The highest BCUT2D eigenvalue weighted by Crippen LogP contribution is 2.02. The quantitative estimate of drug-likeness (QED) is 0.148. The number of hydrogen-bond acceptors (Lipinski definition) is 5. The van der Waals surface area contributed by atoms with Crippen LogP contribution in [-0.2, 0) is 23.7 Å². The smallest absolute Gasteiger partial charge is 0.0701 e. The Morgan fingerprint density at radius 3 is 1.25 bits per heavy atom. The molecule has 146 valence electrons. The molecule has 0 unspecified atom stereocenters. The second kappa shape index (κ2) is 23.5. The molecular weight excluding hydrogens is 423 g/mol. The Balaban J connectivity index is 2.93. The molecule has 0 heterocycles. The van der Waals surface area contributed by atoms with E-state index in [2.05, 4.69) is 29.5 Å². The number of ether oxygens (including phenoxy) is 5. The molecule has 0 aromatic heterocycles. The van der Waals surface area contributed by atoms with Crippen LogP contribution in [0, 0.1) is 0 Å². The highest BCUT2D eigenvalue weighted by molar-refractivity contribution is 14.1. The molecule has 0 aliphatic carbocycles. The van der Waals surface area contributed by atoms with Crippen molar-refractivity contribution in [2.45, 2.75) is 45.4 Å². The van der Waals surface area contributed by atoms with Crippen LogP contribution in [-0.4, -0.2) is 70.5 Å². The van der Waals surface area contributed by atoms with Crippen LogP contribution in [0.2, 0.25) is 0 Å². The first-order valence-corrected chi connectivity index (χ1v) is 10.9. The third-order valence-electron chi connectivity index (χ3n) is 3.30. The van der Waals surface area contributed by atoms with Gasteiger partial charge in [0.05, 0.1) is 52.9 Å². The summed E-state index contributed by atoms with van der Waals surface area (Å²) in [6, 6.07) is 0. The van der Waals surface area contributed by atoms with E-state index in [0.717, 1.165) is 26.1 Å². The average molecular weight is 460 g/mol. The summed E-state index contributed by atoms with van der Waals surface area (Å²) in [6.07, 6.45) is 7.35. The molecular formula is C18H37IO5. The highest BCUT2D eigenvalue weighted by Gasteiger charge is 1.94. The number of alkyl halides is 1. The molecule has 5 nitrogen and oxygen atoms in total. The van der Waals surface area contributed by atoms with E-state index in [4.69, 9.17) is 23.7 Å². The molecule has 24 heavy (non-hydrogen) atoms. The van der Waals surface area contributed by atoms with Crippen LogP contribution in [0.5, 0.6) is 0 Å². The molecule has 0 bridgehead atoms. The summed E-state index contributed by atoms with van der Waals surface area (Å²) in [7, 11) is 0.